The molecule has 0 fully saturated rings. The number of nitrogens with one attached hydrogen (secondary N) is 2. The van der Waals surface area contributed by atoms with Gasteiger partial charge in [0.2, 0.25) is 5.91 Å². The molecule has 0 spiro atoms. The molecule has 1 heterocycles. The lowest BCUT2D eigenvalue weighted by molar-refractivity contribution is -0.123. The number of Topliss-reactive ketones (excluding diaryl/α,β-unsaturated/α-hetero) is 2. The van der Waals surface area contributed by atoms with Gasteiger partial charge in [-0.25, -0.2) is 4.39 Å². The minimum Gasteiger partial charge on any atom is -0.507 e. The lowest BCUT2D eigenvalue weighted by Gasteiger charge is -2.29. The fraction of sp³-hybridized carbons (Fsp3) is 0.333. The van der Waals surface area contributed by atoms with E-state index >= 15 is 0 Å². The Morgan fingerprint density at radius 1 is 1.10 bits per heavy atom. The minimum absolute atomic E-state index is 0.0203. The summed E-state index contributed by atoms with van der Waals surface area (Å²) in [5.41, 5.74) is -0.900. The number of carbonyl (C=O) groups is 4. The maximum absolute atomic E-state index is 13.8. The van der Waals surface area contributed by atoms with Crippen molar-refractivity contribution in [2.45, 2.75) is 58.8 Å². The van der Waals surface area contributed by atoms with E-state index in [9.17, 15) is 33.8 Å². The summed E-state index contributed by atoms with van der Waals surface area (Å²) in [5, 5.41) is 27.2. The van der Waals surface area contributed by atoms with E-state index in [1.54, 1.807) is 6.92 Å². The van der Waals surface area contributed by atoms with Crippen LogP contribution in [-0.4, -0.2) is 40.0 Å². The fourth-order valence-corrected chi connectivity index (χ4v) is 5.49. The highest BCUT2D eigenvalue weighted by atomic mass is 79.9. The predicted molar refractivity (Wildman–Crippen MR) is 152 cm³/mol. The van der Waals surface area contributed by atoms with Gasteiger partial charge in [-0.3, -0.25) is 19.2 Å². The van der Waals surface area contributed by atoms with Gasteiger partial charge in [-0.1, -0.05) is 6.42 Å². The number of fused-ring (bicyclic) bond motifs is 3. The van der Waals surface area contributed by atoms with Crippen LogP contribution in [0.1, 0.15) is 67.9 Å². The maximum atomic E-state index is 13.8. The number of halogens is 2. The molecule has 1 amide bonds. The van der Waals surface area contributed by atoms with Crippen LogP contribution in [0.5, 0.6) is 17.2 Å². The van der Waals surface area contributed by atoms with Crippen LogP contribution in [0.3, 0.4) is 0 Å². The molecule has 1 aliphatic heterocycles. The molecule has 0 bridgehead atoms. The SMILES string of the molecule is CC(=O)c1c(O)c(C)c(O)c2c1OC1=CC(=O)/C(=C(/C)NCCCCCC(=O)Nc3ccc(F)c(Br)c3)C(=O)C12C. The molecule has 9 nitrogen and oxygen atoms in total. The van der Waals surface area contributed by atoms with Crippen molar-refractivity contribution in [1.82, 2.24) is 5.32 Å². The normalized spacial score (nSPS) is 18.7. The van der Waals surface area contributed by atoms with E-state index < -0.39 is 34.3 Å². The summed E-state index contributed by atoms with van der Waals surface area (Å²) in [7, 11) is 0. The minimum atomic E-state index is -1.57. The van der Waals surface area contributed by atoms with Gasteiger partial charge in [-0.2, -0.15) is 0 Å². The van der Waals surface area contributed by atoms with Crippen molar-refractivity contribution in [2.75, 3.05) is 11.9 Å². The van der Waals surface area contributed by atoms with E-state index in [-0.39, 0.29) is 56.3 Å². The van der Waals surface area contributed by atoms with Gasteiger partial charge >= 0.3 is 0 Å². The number of rotatable bonds is 9. The number of carbonyl (C=O) groups excluding carboxylic acids is 4. The van der Waals surface area contributed by atoms with Crippen LogP contribution >= 0.6 is 15.9 Å². The third kappa shape index (κ3) is 5.38. The molecule has 1 unspecified atom stereocenters. The quantitative estimate of drug-likeness (QED) is 0.127. The van der Waals surface area contributed by atoms with E-state index in [4.69, 9.17) is 4.74 Å². The average Bonchev–Trinajstić information content (AvgIpc) is 3.19. The number of unbranched alkanes of at least 4 members (excludes halogenated alkanes) is 2. The van der Waals surface area contributed by atoms with Crippen molar-refractivity contribution < 1.29 is 38.5 Å². The first-order valence-electron chi connectivity index (χ1n) is 13.1. The second-order valence-electron chi connectivity index (χ2n) is 10.3. The number of phenolic OH excluding ortho intramolecular Hbond substituents is 2. The lowest BCUT2D eigenvalue weighted by atomic mass is 9.70. The van der Waals surface area contributed by atoms with Crippen LogP contribution in [0, 0.1) is 12.7 Å². The molecule has 2 aromatic carbocycles. The first-order valence-corrected chi connectivity index (χ1v) is 13.9. The number of amides is 1. The molecular weight excluding hydrogens is 599 g/mol. The molecule has 4 rings (SSSR count). The number of ether oxygens (including phenoxy) is 1. The van der Waals surface area contributed by atoms with Crippen LogP contribution in [-0.2, 0) is 19.8 Å². The smallest absolute Gasteiger partial charge is 0.224 e. The van der Waals surface area contributed by atoms with Crippen molar-refractivity contribution in [3.05, 3.63) is 68.3 Å². The molecule has 2 aromatic rings. The van der Waals surface area contributed by atoms with Crippen molar-refractivity contribution in [3.8, 4) is 17.2 Å². The highest BCUT2D eigenvalue weighted by Gasteiger charge is 2.56. The number of benzene rings is 2. The van der Waals surface area contributed by atoms with E-state index in [1.165, 1.54) is 45.0 Å². The Bertz CT molecular complexity index is 1560. The highest BCUT2D eigenvalue weighted by Crippen LogP contribution is 2.57. The summed E-state index contributed by atoms with van der Waals surface area (Å²) in [6.07, 6.45) is 3.42. The van der Waals surface area contributed by atoms with Gasteiger partial charge < -0.3 is 25.6 Å². The summed E-state index contributed by atoms with van der Waals surface area (Å²) in [6, 6.07) is 4.23. The van der Waals surface area contributed by atoms with Gasteiger partial charge in [-0.15, -0.1) is 0 Å². The molecule has 0 saturated heterocycles. The van der Waals surface area contributed by atoms with Crippen molar-refractivity contribution in [1.29, 1.82) is 0 Å². The number of hydrogen-bond donors (Lipinski definition) is 4. The summed E-state index contributed by atoms with van der Waals surface area (Å²) in [5.74, 6) is -3.26. The molecule has 41 heavy (non-hydrogen) atoms. The zero-order chi connectivity index (χ0) is 30.2. The third-order valence-corrected chi connectivity index (χ3v) is 8.04. The van der Waals surface area contributed by atoms with Crippen LogP contribution in [0.15, 0.2) is 45.8 Å². The molecular formula is C30H30BrFN2O7. The van der Waals surface area contributed by atoms with Gasteiger partial charge in [0.05, 0.1) is 15.6 Å². The number of phenols is 2. The van der Waals surface area contributed by atoms with Crippen LogP contribution in [0.25, 0.3) is 0 Å². The summed E-state index contributed by atoms with van der Waals surface area (Å²) in [4.78, 5) is 51.3. The largest absolute Gasteiger partial charge is 0.507 e. The molecule has 11 heteroatoms. The molecule has 1 aliphatic carbocycles. The van der Waals surface area contributed by atoms with Gasteiger partial charge in [0.1, 0.15) is 39.8 Å². The molecule has 1 atom stereocenters. The Kier molecular flexibility index (Phi) is 8.39. The maximum Gasteiger partial charge on any atom is 0.224 e. The second-order valence-corrected chi connectivity index (χ2v) is 11.2. The number of hydrogen-bond acceptors (Lipinski definition) is 8. The Hall–Kier alpha value is -3.99. The predicted octanol–water partition coefficient (Wildman–Crippen LogP) is 5.26. The van der Waals surface area contributed by atoms with Crippen LogP contribution in [0.2, 0.25) is 0 Å². The number of aromatic hydroxyl groups is 2. The number of allylic oxidation sites excluding steroid dienone is 4. The second kappa shape index (κ2) is 11.5. The Morgan fingerprint density at radius 3 is 2.46 bits per heavy atom. The van der Waals surface area contributed by atoms with Crippen molar-refractivity contribution >= 4 is 44.9 Å². The van der Waals surface area contributed by atoms with Crippen LogP contribution in [0.4, 0.5) is 10.1 Å². The molecule has 0 radical (unpaired) electrons. The van der Waals surface area contributed by atoms with Crippen molar-refractivity contribution in [2.24, 2.45) is 0 Å². The molecule has 0 aromatic heterocycles. The van der Waals surface area contributed by atoms with Crippen LogP contribution < -0.4 is 15.4 Å². The standard InChI is InChI=1S/C30H30BrFN2O7/c1-14-26(38)24(16(3)35)28-25(27(14)39)30(4)21(41-28)13-20(36)23(29(30)40)15(2)33-11-7-5-6-8-22(37)34-17-9-10-19(32)18(31)12-17/h9-10,12-13,33,38-39H,5-8,11H2,1-4H3,(H,34,37)/b23-15+. The summed E-state index contributed by atoms with van der Waals surface area (Å²) < 4.78 is 19.4. The third-order valence-electron chi connectivity index (χ3n) is 7.43. The number of ketones is 3. The molecule has 0 saturated carbocycles. The van der Waals surface area contributed by atoms with Gasteiger partial charge in [0.25, 0.3) is 0 Å². The zero-order valence-electron chi connectivity index (χ0n) is 23.0. The average molecular weight is 629 g/mol. The Labute approximate surface area is 244 Å². The Balaban J connectivity index is 1.41. The van der Waals surface area contributed by atoms with Gasteiger partial charge in [-0.05, 0) is 74.7 Å². The topological polar surface area (TPSA) is 142 Å². The fourth-order valence-electron chi connectivity index (χ4n) is 5.11. The first-order chi connectivity index (χ1) is 19.3. The molecule has 2 aliphatic rings. The molecule has 4 N–H and O–H groups in total. The Morgan fingerprint density at radius 2 is 1.80 bits per heavy atom. The number of anilines is 1. The highest BCUT2D eigenvalue weighted by molar-refractivity contribution is 9.10. The van der Waals surface area contributed by atoms with E-state index in [2.05, 4.69) is 26.6 Å². The zero-order valence-corrected chi connectivity index (χ0v) is 24.6. The summed E-state index contributed by atoms with van der Waals surface area (Å²) in [6.45, 7) is 6.23. The van der Waals surface area contributed by atoms with E-state index in [0.717, 1.165) is 0 Å². The summed E-state index contributed by atoms with van der Waals surface area (Å²) >= 11 is 3.08. The lowest BCUT2D eigenvalue weighted by Crippen LogP contribution is -2.41. The monoisotopic (exact) mass is 628 g/mol. The van der Waals surface area contributed by atoms with E-state index in [0.29, 0.717) is 37.2 Å². The van der Waals surface area contributed by atoms with E-state index in [1.807, 2.05) is 0 Å². The van der Waals surface area contributed by atoms with Gasteiger partial charge in [0, 0.05) is 36.0 Å². The molecule has 216 valence electrons. The first kappa shape index (κ1) is 30.0. The van der Waals surface area contributed by atoms with Crippen molar-refractivity contribution in [3.63, 3.8) is 0 Å². The van der Waals surface area contributed by atoms with Gasteiger partial charge in [0.15, 0.2) is 17.3 Å².